The molecule has 0 spiro atoms. The van der Waals surface area contributed by atoms with Gasteiger partial charge in [0.2, 0.25) is 11.9 Å². The van der Waals surface area contributed by atoms with E-state index in [9.17, 15) is 19.5 Å². The lowest BCUT2D eigenvalue weighted by molar-refractivity contribution is -0.127. The first kappa shape index (κ1) is 27.1. The number of likely N-dealkylation sites (tertiary alicyclic amines) is 1. The molecule has 1 saturated heterocycles. The van der Waals surface area contributed by atoms with Crippen molar-refractivity contribution < 1.29 is 19.5 Å². The molecule has 1 fully saturated rings. The summed E-state index contributed by atoms with van der Waals surface area (Å²) in [6, 6.07) is 21.9. The van der Waals surface area contributed by atoms with Crippen LogP contribution in [0.1, 0.15) is 45.5 Å². The average molecular weight is 540 g/mol. The summed E-state index contributed by atoms with van der Waals surface area (Å²) in [5, 5.41) is 12.2. The van der Waals surface area contributed by atoms with E-state index < -0.39 is 0 Å². The van der Waals surface area contributed by atoms with Crippen LogP contribution in [0.2, 0.25) is 0 Å². The fraction of sp³-hybridized carbons (Fsp3) is 0.290. The van der Waals surface area contributed by atoms with Gasteiger partial charge in [-0.2, -0.15) is 0 Å². The van der Waals surface area contributed by atoms with Crippen molar-refractivity contribution in [3.63, 3.8) is 0 Å². The van der Waals surface area contributed by atoms with Gasteiger partial charge >= 0.3 is 0 Å². The maximum Gasteiger partial charge on any atom is 0.258 e. The lowest BCUT2D eigenvalue weighted by atomic mass is 10.1. The normalized spacial score (nSPS) is 13.2. The molecule has 9 heteroatoms. The third-order valence-electron chi connectivity index (χ3n) is 7.24. The van der Waals surface area contributed by atoms with E-state index in [-0.39, 0.29) is 24.3 Å². The zero-order valence-corrected chi connectivity index (χ0v) is 22.5. The van der Waals surface area contributed by atoms with Gasteiger partial charge in [-0.15, -0.1) is 0 Å². The van der Waals surface area contributed by atoms with Gasteiger partial charge in [0.1, 0.15) is 0 Å². The first-order chi connectivity index (χ1) is 19.4. The highest BCUT2D eigenvalue weighted by Crippen LogP contribution is 2.27. The van der Waals surface area contributed by atoms with Gasteiger partial charge in [0.15, 0.2) is 0 Å². The van der Waals surface area contributed by atoms with Crippen LogP contribution in [0.25, 0.3) is 11.0 Å². The van der Waals surface area contributed by atoms with E-state index in [0.717, 1.165) is 24.0 Å². The Morgan fingerprint density at radius 1 is 1.00 bits per heavy atom. The Morgan fingerprint density at radius 2 is 1.80 bits per heavy atom. The van der Waals surface area contributed by atoms with E-state index in [1.807, 2.05) is 51.9 Å². The molecule has 0 radical (unpaired) electrons. The molecule has 5 rings (SSSR count). The highest BCUT2D eigenvalue weighted by Gasteiger charge is 2.21. The number of aryl methyl sites for hydroxylation is 1. The van der Waals surface area contributed by atoms with E-state index in [4.69, 9.17) is 4.98 Å². The van der Waals surface area contributed by atoms with E-state index in [1.54, 1.807) is 42.3 Å². The van der Waals surface area contributed by atoms with Crippen LogP contribution in [-0.2, 0) is 17.8 Å². The number of aliphatic hydroxyl groups excluding tert-OH is 1. The van der Waals surface area contributed by atoms with Gasteiger partial charge in [0.25, 0.3) is 11.8 Å². The van der Waals surface area contributed by atoms with E-state index >= 15 is 0 Å². The maximum atomic E-state index is 13.2. The van der Waals surface area contributed by atoms with Crippen LogP contribution in [0.15, 0.2) is 72.8 Å². The Morgan fingerprint density at radius 3 is 2.55 bits per heavy atom. The van der Waals surface area contributed by atoms with Gasteiger partial charge < -0.3 is 19.5 Å². The van der Waals surface area contributed by atoms with Gasteiger partial charge in [-0.05, 0) is 67.3 Å². The number of imidazole rings is 1. The summed E-state index contributed by atoms with van der Waals surface area (Å²) < 4.78 is 1.95. The number of benzene rings is 3. The second kappa shape index (κ2) is 12.1. The van der Waals surface area contributed by atoms with Crippen molar-refractivity contribution in [2.75, 3.05) is 37.0 Å². The number of carbonyl (C=O) groups is 3. The minimum Gasteiger partial charge on any atom is -0.396 e. The molecule has 2 N–H and O–H groups in total. The van der Waals surface area contributed by atoms with Crippen molar-refractivity contribution in [2.24, 2.45) is 0 Å². The summed E-state index contributed by atoms with van der Waals surface area (Å²) in [6.07, 6.45) is 2.66. The number of anilines is 2. The lowest BCUT2D eigenvalue weighted by Gasteiger charge is -2.18. The summed E-state index contributed by atoms with van der Waals surface area (Å²) in [5.74, 6) is 0.144. The number of nitrogens with one attached hydrogen (secondary N) is 1. The third-order valence-corrected chi connectivity index (χ3v) is 7.24. The standard InChI is InChI=1S/C31H33N5O4/c1-34(30(40)23-9-3-2-4-10-23)25-13-14-27-26(21-25)32-31(36(27)18-7-17-35-16-6-12-28(35)38)33-29(39)24-11-5-8-22(20-24)15-19-37/h2-5,8-11,13-14,20-21,37H,6-7,12,15-19H2,1H3,(H,32,33,39). The molecule has 1 aliphatic heterocycles. The number of hydrogen-bond donors (Lipinski definition) is 2. The molecule has 0 bridgehead atoms. The number of carbonyl (C=O) groups excluding carboxylic acids is 3. The van der Waals surface area contributed by atoms with Crippen molar-refractivity contribution in [2.45, 2.75) is 32.2 Å². The maximum absolute atomic E-state index is 13.2. The first-order valence-corrected chi connectivity index (χ1v) is 13.6. The Hall–Kier alpha value is -4.50. The van der Waals surface area contributed by atoms with Crippen molar-refractivity contribution in [1.82, 2.24) is 14.5 Å². The molecule has 0 unspecified atom stereocenters. The zero-order valence-electron chi connectivity index (χ0n) is 22.5. The van der Waals surface area contributed by atoms with Crippen LogP contribution in [0.5, 0.6) is 0 Å². The molecule has 1 aromatic heterocycles. The Labute approximate surface area is 233 Å². The highest BCUT2D eigenvalue weighted by molar-refractivity contribution is 6.07. The molecule has 4 aromatic rings. The predicted molar refractivity (Wildman–Crippen MR) is 155 cm³/mol. The van der Waals surface area contributed by atoms with Crippen LogP contribution < -0.4 is 10.2 Å². The van der Waals surface area contributed by atoms with Crippen LogP contribution >= 0.6 is 0 Å². The summed E-state index contributed by atoms with van der Waals surface area (Å²) in [5.41, 5.74) is 4.08. The Kier molecular flexibility index (Phi) is 8.21. The average Bonchev–Trinajstić information content (AvgIpc) is 3.54. The molecule has 3 aromatic carbocycles. The molecule has 0 saturated carbocycles. The van der Waals surface area contributed by atoms with Gasteiger partial charge in [-0.1, -0.05) is 30.3 Å². The first-order valence-electron chi connectivity index (χ1n) is 13.6. The summed E-state index contributed by atoms with van der Waals surface area (Å²) >= 11 is 0. The molecule has 3 amide bonds. The molecule has 0 aliphatic carbocycles. The van der Waals surface area contributed by atoms with Crippen molar-refractivity contribution in [1.29, 1.82) is 0 Å². The Bertz CT molecular complexity index is 1530. The SMILES string of the molecule is CN(C(=O)c1ccccc1)c1ccc2c(c1)nc(NC(=O)c1cccc(CCO)c1)n2CCCN1CCCC1=O. The van der Waals surface area contributed by atoms with Crippen LogP contribution in [0, 0.1) is 0 Å². The molecule has 40 heavy (non-hydrogen) atoms. The number of hydrogen-bond acceptors (Lipinski definition) is 5. The van der Waals surface area contributed by atoms with E-state index in [2.05, 4.69) is 5.32 Å². The van der Waals surface area contributed by atoms with E-state index in [1.165, 1.54) is 0 Å². The molecular weight excluding hydrogens is 506 g/mol. The molecule has 206 valence electrons. The molecule has 0 atom stereocenters. The minimum atomic E-state index is -0.303. The van der Waals surface area contributed by atoms with Crippen molar-refractivity contribution in [3.05, 3.63) is 89.5 Å². The fourth-order valence-corrected chi connectivity index (χ4v) is 5.07. The second-order valence-electron chi connectivity index (χ2n) is 9.96. The van der Waals surface area contributed by atoms with Gasteiger partial charge in [-0.3, -0.25) is 19.7 Å². The smallest absolute Gasteiger partial charge is 0.258 e. The van der Waals surface area contributed by atoms with E-state index in [0.29, 0.717) is 60.6 Å². The number of aromatic nitrogens is 2. The van der Waals surface area contributed by atoms with Crippen LogP contribution in [0.3, 0.4) is 0 Å². The molecule has 2 heterocycles. The van der Waals surface area contributed by atoms with Crippen LogP contribution in [-0.4, -0.2) is 64.0 Å². The predicted octanol–water partition coefficient (Wildman–Crippen LogP) is 4.11. The second-order valence-corrected chi connectivity index (χ2v) is 9.96. The van der Waals surface area contributed by atoms with Crippen molar-refractivity contribution >= 4 is 40.4 Å². The Balaban J connectivity index is 1.43. The lowest BCUT2D eigenvalue weighted by Crippen LogP contribution is -2.26. The number of aliphatic hydroxyl groups is 1. The number of nitrogens with zero attached hydrogens (tertiary/aromatic N) is 4. The van der Waals surface area contributed by atoms with Gasteiger partial charge in [0, 0.05) is 56.5 Å². The summed E-state index contributed by atoms with van der Waals surface area (Å²) in [4.78, 5) is 46.5. The summed E-state index contributed by atoms with van der Waals surface area (Å²) in [6.45, 7) is 1.98. The van der Waals surface area contributed by atoms with Gasteiger partial charge in [-0.25, -0.2) is 4.98 Å². The number of rotatable bonds is 10. The monoisotopic (exact) mass is 539 g/mol. The zero-order chi connectivity index (χ0) is 28.1. The van der Waals surface area contributed by atoms with Crippen molar-refractivity contribution in [3.8, 4) is 0 Å². The van der Waals surface area contributed by atoms with Crippen LogP contribution in [0.4, 0.5) is 11.6 Å². The van der Waals surface area contributed by atoms with Gasteiger partial charge in [0.05, 0.1) is 11.0 Å². The quantitative estimate of drug-likeness (QED) is 0.315. The fourth-order valence-electron chi connectivity index (χ4n) is 5.07. The topological polar surface area (TPSA) is 108 Å². The summed E-state index contributed by atoms with van der Waals surface area (Å²) in [7, 11) is 1.72. The minimum absolute atomic E-state index is 0.00391. The molecular formula is C31H33N5O4. The number of amides is 3. The largest absolute Gasteiger partial charge is 0.396 e. The number of fused-ring (bicyclic) bond motifs is 1. The molecule has 1 aliphatic rings. The third kappa shape index (κ3) is 5.89. The highest BCUT2D eigenvalue weighted by atomic mass is 16.3. The molecule has 9 nitrogen and oxygen atoms in total.